The standard InChI is InChI=1S/C16H20N2O/c1-12(2)15(17)18-10-6-9-14(16(18)19)11-13-7-4-3-5-8-13/h3-10,12,15H,11,17H2,1-2H3. The van der Waals surface area contributed by atoms with Crippen LogP contribution in [-0.4, -0.2) is 4.57 Å². The van der Waals surface area contributed by atoms with Crippen LogP contribution >= 0.6 is 0 Å². The maximum Gasteiger partial charge on any atom is 0.255 e. The van der Waals surface area contributed by atoms with Gasteiger partial charge in [0.2, 0.25) is 0 Å². The van der Waals surface area contributed by atoms with Crippen LogP contribution in [0.15, 0.2) is 53.5 Å². The van der Waals surface area contributed by atoms with Crippen LogP contribution in [-0.2, 0) is 6.42 Å². The van der Waals surface area contributed by atoms with Gasteiger partial charge in [-0.25, -0.2) is 0 Å². The molecule has 0 saturated carbocycles. The molecule has 1 heterocycles. The van der Waals surface area contributed by atoms with E-state index >= 15 is 0 Å². The van der Waals surface area contributed by atoms with Crippen LogP contribution in [0.1, 0.15) is 31.1 Å². The summed E-state index contributed by atoms with van der Waals surface area (Å²) in [7, 11) is 0. The minimum Gasteiger partial charge on any atom is -0.311 e. The zero-order valence-electron chi connectivity index (χ0n) is 11.4. The average Bonchev–Trinajstić information content (AvgIpc) is 2.41. The maximum atomic E-state index is 12.4. The largest absolute Gasteiger partial charge is 0.311 e. The molecular weight excluding hydrogens is 236 g/mol. The van der Waals surface area contributed by atoms with Crippen molar-refractivity contribution in [3.8, 4) is 0 Å². The van der Waals surface area contributed by atoms with Crippen molar-refractivity contribution in [2.75, 3.05) is 0 Å². The molecule has 1 aromatic carbocycles. The van der Waals surface area contributed by atoms with Crippen molar-refractivity contribution in [1.82, 2.24) is 4.57 Å². The third-order valence-electron chi connectivity index (χ3n) is 3.29. The molecule has 0 fully saturated rings. The molecule has 2 N–H and O–H groups in total. The molecule has 0 aliphatic rings. The molecule has 0 aliphatic carbocycles. The average molecular weight is 256 g/mol. The van der Waals surface area contributed by atoms with Gasteiger partial charge in [0.1, 0.15) is 0 Å². The fourth-order valence-electron chi connectivity index (χ4n) is 2.06. The summed E-state index contributed by atoms with van der Waals surface area (Å²) >= 11 is 0. The summed E-state index contributed by atoms with van der Waals surface area (Å²) < 4.78 is 1.63. The van der Waals surface area contributed by atoms with Gasteiger partial charge in [-0.05, 0) is 17.5 Å². The van der Waals surface area contributed by atoms with Crippen molar-refractivity contribution in [1.29, 1.82) is 0 Å². The highest BCUT2D eigenvalue weighted by Crippen LogP contribution is 2.10. The van der Waals surface area contributed by atoms with Crippen LogP contribution in [0.2, 0.25) is 0 Å². The lowest BCUT2D eigenvalue weighted by Crippen LogP contribution is -2.34. The SMILES string of the molecule is CC(C)C(N)n1cccc(Cc2ccccc2)c1=O. The number of nitrogens with zero attached hydrogens (tertiary/aromatic N) is 1. The molecule has 3 heteroatoms. The summed E-state index contributed by atoms with van der Waals surface area (Å²) in [5.74, 6) is 0.227. The molecule has 0 aliphatic heterocycles. The first-order valence-corrected chi connectivity index (χ1v) is 6.59. The maximum absolute atomic E-state index is 12.4. The zero-order chi connectivity index (χ0) is 13.8. The van der Waals surface area contributed by atoms with Gasteiger partial charge in [0, 0.05) is 18.2 Å². The second-order valence-electron chi connectivity index (χ2n) is 5.14. The lowest BCUT2D eigenvalue weighted by molar-refractivity contribution is 0.378. The first-order chi connectivity index (χ1) is 9.09. The highest BCUT2D eigenvalue weighted by atomic mass is 16.1. The number of hydrogen-bond donors (Lipinski definition) is 1. The predicted molar refractivity (Wildman–Crippen MR) is 78.0 cm³/mol. The van der Waals surface area contributed by atoms with Crippen LogP contribution in [0.5, 0.6) is 0 Å². The molecule has 1 atom stereocenters. The van der Waals surface area contributed by atoms with E-state index in [2.05, 4.69) is 0 Å². The molecule has 1 unspecified atom stereocenters. The van der Waals surface area contributed by atoms with E-state index < -0.39 is 0 Å². The fourth-order valence-corrected chi connectivity index (χ4v) is 2.06. The molecule has 0 radical (unpaired) electrons. The van der Waals surface area contributed by atoms with Crippen LogP contribution in [0.25, 0.3) is 0 Å². The monoisotopic (exact) mass is 256 g/mol. The van der Waals surface area contributed by atoms with Gasteiger partial charge in [-0.3, -0.25) is 9.36 Å². The van der Waals surface area contributed by atoms with Gasteiger partial charge in [0.05, 0.1) is 6.17 Å². The van der Waals surface area contributed by atoms with E-state index in [0.717, 1.165) is 11.1 Å². The Balaban J connectivity index is 2.33. The fraction of sp³-hybridized carbons (Fsp3) is 0.312. The molecule has 2 aromatic rings. The molecule has 0 bridgehead atoms. The summed E-state index contributed by atoms with van der Waals surface area (Å²) in [5, 5.41) is 0. The summed E-state index contributed by atoms with van der Waals surface area (Å²) in [6.45, 7) is 4.03. The summed E-state index contributed by atoms with van der Waals surface area (Å²) in [6.07, 6.45) is 2.13. The van der Waals surface area contributed by atoms with Crippen molar-refractivity contribution in [3.05, 3.63) is 70.1 Å². The van der Waals surface area contributed by atoms with E-state index in [1.807, 2.05) is 56.3 Å². The minimum atomic E-state index is -0.275. The van der Waals surface area contributed by atoms with Crippen molar-refractivity contribution in [2.45, 2.75) is 26.4 Å². The van der Waals surface area contributed by atoms with E-state index in [4.69, 9.17) is 5.73 Å². The Morgan fingerprint density at radius 1 is 1.11 bits per heavy atom. The number of pyridine rings is 1. The number of rotatable bonds is 4. The van der Waals surface area contributed by atoms with E-state index in [1.54, 1.807) is 10.8 Å². The highest BCUT2D eigenvalue weighted by Gasteiger charge is 2.13. The molecule has 19 heavy (non-hydrogen) atoms. The second-order valence-corrected chi connectivity index (χ2v) is 5.14. The Labute approximate surface area is 113 Å². The summed E-state index contributed by atoms with van der Waals surface area (Å²) in [6, 6.07) is 13.8. The van der Waals surface area contributed by atoms with Crippen LogP contribution in [0, 0.1) is 5.92 Å². The van der Waals surface area contributed by atoms with Crippen LogP contribution in [0.4, 0.5) is 0 Å². The smallest absolute Gasteiger partial charge is 0.255 e. The summed E-state index contributed by atoms with van der Waals surface area (Å²) in [5.41, 5.74) is 7.99. The normalized spacial score (nSPS) is 12.6. The Hall–Kier alpha value is -1.87. The lowest BCUT2D eigenvalue weighted by atomic mass is 10.1. The van der Waals surface area contributed by atoms with Crippen molar-refractivity contribution >= 4 is 0 Å². The third-order valence-corrected chi connectivity index (χ3v) is 3.29. The Kier molecular flexibility index (Phi) is 4.17. The minimum absolute atomic E-state index is 0.00699. The number of benzene rings is 1. The van der Waals surface area contributed by atoms with Crippen LogP contribution in [0.3, 0.4) is 0 Å². The first-order valence-electron chi connectivity index (χ1n) is 6.59. The van der Waals surface area contributed by atoms with Gasteiger partial charge < -0.3 is 5.73 Å². The third kappa shape index (κ3) is 3.12. The van der Waals surface area contributed by atoms with Crippen LogP contribution < -0.4 is 11.3 Å². The second kappa shape index (κ2) is 5.85. The van der Waals surface area contributed by atoms with E-state index in [0.29, 0.717) is 6.42 Å². The molecule has 0 saturated heterocycles. The topological polar surface area (TPSA) is 48.0 Å². The quantitative estimate of drug-likeness (QED) is 0.914. The zero-order valence-corrected chi connectivity index (χ0v) is 11.4. The molecule has 1 aromatic heterocycles. The van der Waals surface area contributed by atoms with Gasteiger partial charge >= 0.3 is 0 Å². The molecular formula is C16H20N2O. The van der Waals surface area contributed by atoms with Gasteiger partial charge in [0.25, 0.3) is 5.56 Å². The predicted octanol–water partition coefficient (Wildman–Crippen LogP) is 2.55. The van der Waals surface area contributed by atoms with E-state index in [9.17, 15) is 4.79 Å². The Bertz CT molecular complexity index is 587. The van der Waals surface area contributed by atoms with E-state index in [1.165, 1.54) is 0 Å². The van der Waals surface area contributed by atoms with Gasteiger partial charge in [-0.15, -0.1) is 0 Å². The van der Waals surface area contributed by atoms with Crippen molar-refractivity contribution in [3.63, 3.8) is 0 Å². The number of nitrogens with two attached hydrogens (primary N) is 1. The highest BCUT2D eigenvalue weighted by molar-refractivity contribution is 5.24. The number of aromatic nitrogens is 1. The first kappa shape index (κ1) is 13.6. The van der Waals surface area contributed by atoms with E-state index in [-0.39, 0.29) is 17.6 Å². The van der Waals surface area contributed by atoms with Crippen molar-refractivity contribution in [2.24, 2.45) is 11.7 Å². The van der Waals surface area contributed by atoms with Gasteiger partial charge in [0.15, 0.2) is 0 Å². The van der Waals surface area contributed by atoms with Crippen molar-refractivity contribution < 1.29 is 0 Å². The molecule has 2 rings (SSSR count). The van der Waals surface area contributed by atoms with Gasteiger partial charge in [-0.1, -0.05) is 50.2 Å². The molecule has 0 amide bonds. The molecule has 0 spiro atoms. The van der Waals surface area contributed by atoms with Gasteiger partial charge in [-0.2, -0.15) is 0 Å². The Morgan fingerprint density at radius 2 is 1.79 bits per heavy atom. The Morgan fingerprint density at radius 3 is 2.42 bits per heavy atom. The molecule has 100 valence electrons. The number of hydrogen-bond acceptors (Lipinski definition) is 2. The lowest BCUT2D eigenvalue weighted by Gasteiger charge is -2.19. The molecule has 3 nitrogen and oxygen atoms in total. The summed E-state index contributed by atoms with van der Waals surface area (Å²) in [4.78, 5) is 12.4.